The number of nitrogens with zero attached hydrogens (tertiary/aromatic N) is 5. The minimum absolute atomic E-state index is 0.163. The fraction of sp³-hybridized carbons (Fsp3) is 0.400. The number of aryl methyl sites for hydroxylation is 2. The van der Waals surface area contributed by atoms with Crippen molar-refractivity contribution in [3.63, 3.8) is 0 Å². The third-order valence-corrected chi connectivity index (χ3v) is 9.52. The second kappa shape index (κ2) is 11.7. The molecular weight excluding hydrogens is 581 g/mol. The topological polar surface area (TPSA) is 92.5 Å². The summed E-state index contributed by atoms with van der Waals surface area (Å²) in [4.78, 5) is 17.0. The summed E-state index contributed by atoms with van der Waals surface area (Å²) in [6.45, 7) is 4.02. The van der Waals surface area contributed by atoms with Crippen molar-refractivity contribution in [3.05, 3.63) is 81.9 Å². The van der Waals surface area contributed by atoms with Gasteiger partial charge in [-0.25, -0.2) is 8.42 Å². The van der Waals surface area contributed by atoms with Gasteiger partial charge in [-0.2, -0.15) is 18.3 Å². The minimum atomic E-state index is -4.26. The number of alkyl halides is 3. The van der Waals surface area contributed by atoms with Gasteiger partial charge in [-0.05, 0) is 54.6 Å². The number of rotatable bonds is 8. The van der Waals surface area contributed by atoms with Crippen LogP contribution in [0.3, 0.4) is 0 Å². The molecule has 2 aromatic heterocycles. The van der Waals surface area contributed by atoms with Crippen LogP contribution in [0.15, 0.2) is 64.5 Å². The molecule has 1 saturated heterocycles. The lowest BCUT2D eigenvalue weighted by molar-refractivity contribution is -0.146. The monoisotopic (exact) mass is 616 g/mol. The van der Waals surface area contributed by atoms with Gasteiger partial charge >= 0.3 is 6.18 Å². The van der Waals surface area contributed by atoms with Crippen molar-refractivity contribution in [1.29, 1.82) is 0 Å². The number of halogens is 3. The lowest BCUT2D eigenvalue weighted by atomic mass is 9.97. The molecule has 0 amide bonds. The summed E-state index contributed by atoms with van der Waals surface area (Å²) in [5, 5.41) is 8.66. The van der Waals surface area contributed by atoms with Crippen LogP contribution in [0.25, 0.3) is 10.8 Å². The molecule has 2 aromatic carbocycles. The Morgan fingerprint density at radius 1 is 1.02 bits per heavy atom. The van der Waals surface area contributed by atoms with Crippen molar-refractivity contribution in [2.24, 2.45) is 14.1 Å². The predicted octanol–water partition coefficient (Wildman–Crippen LogP) is 4.41. The Hall–Kier alpha value is -3.84. The standard InChI is InChI=1S/C30H35F3N6O3S/c1-20-13-23(21(2)35-26-7-5-6-8-27(26)43(41,42)18-22-16-34-36(3)17-22)24-15-28(37(4)29(40)25(24)14-20)39-11-9-38(10-12-39)19-30(31,32)33/h5-8,13-17,21,35H,9-12,18-19H2,1-4H3/t21-/m1/s1. The average molecular weight is 617 g/mol. The molecule has 3 heterocycles. The zero-order chi connectivity index (χ0) is 31.1. The second-order valence-corrected chi connectivity index (χ2v) is 13.2. The Bertz CT molecular complexity index is 1810. The van der Waals surface area contributed by atoms with E-state index in [-0.39, 0.29) is 35.3 Å². The van der Waals surface area contributed by atoms with Gasteiger partial charge in [-0.3, -0.25) is 18.9 Å². The van der Waals surface area contributed by atoms with E-state index < -0.39 is 22.6 Å². The summed E-state index contributed by atoms with van der Waals surface area (Å²) >= 11 is 0. The van der Waals surface area contributed by atoms with Gasteiger partial charge in [0, 0.05) is 63.5 Å². The van der Waals surface area contributed by atoms with Crippen LogP contribution in [0.1, 0.15) is 29.7 Å². The van der Waals surface area contributed by atoms with Crippen LogP contribution in [-0.4, -0.2) is 66.6 Å². The molecule has 1 aliphatic rings. The molecule has 13 heteroatoms. The van der Waals surface area contributed by atoms with Crippen LogP contribution in [0, 0.1) is 6.92 Å². The van der Waals surface area contributed by atoms with E-state index in [1.54, 1.807) is 53.8 Å². The Morgan fingerprint density at radius 3 is 2.37 bits per heavy atom. The maximum atomic E-state index is 13.6. The third kappa shape index (κ3) is 6.72. The average Bonchev–Trinajstić information content (AvgIpc) is 3.34. The van der Waals surface area contributed by atoms with E-state index in [9.17, 15) is 26.4 Å². The van der Waals surface area contributed by atoms with Crippen LogP contribution in [-0.2, 0) is 29.7 Å². The number of anilines is 2. The van der Waals surface area contributed by atoms with Crippen LogP contribution < -0.4 is 15.8 Å². The largest absolute Gasteiger partial charge is 0.401 e. The molecule has 43 heavy (non-hydrogen) atoms. The van der Waals surface area contributed by atoms with Gasteiger partial charge < -0.3 is 10.2 Å². The number of fused-ring (bicyclic) bond motifs is 1. The molecule has 0 bridgehead atoms. The Morgan fingerprint density at radius 2 is 1.72 bits per heavy atom. The zero-order valence-corrected chi connectivity index (χ0v) is 25.3. The molecule has 1 N–H and O–H groups in total. The van der Waals surface area contributed by atoms with Crippen LogP contribution >= 0.6 is 0 Å². The maximum Gasteiger partial charge on any atom is 0.401 e. The van der Waals surface area contributed by atoms with E-state index in [2.05, 4.69) is 10.4 Å². The zero-order valence-electron chi connectivity index (χ0n) is 24.5. The van der Waals surface area contributed by atoms with Gasteiger partial charge in [0.15, 0.2) is 9.84 Å². The second-order valence-electron chi connectivity index (χ2n) is 11.2. The van der Waals surface area contributed by atoms with Crippen molar-refractivity contribution >= 4 is 32.1 Å². The number of pyridine rings is 1. The van der Waals surface area contributed by atoms with E-state index in [4.69, 9.17) is 0 Å². The lowest BCUT2D eigenvalue weighted by Gasteiger charge is -2.37. The first-order valence-corrected chi connectivity index (χ1v) is 15.6. The van der Waals surface area contributed by atoms with Crippen LogP contribution in [0.5, 0.6) is 0 Å². The van der Waals surface area contributed by atoms with E-state index in [0.717, 1.165) is 11.1 Å². The molecule has 0 saturated carbocycles. The molecule has 5 rings (SSSR count). The maximum absolute atomic E-state index is 13.6. The molecule has 9 nitrogen and oxygen atoms in total. The molecule has 0 unspecified atom stereocenters. The number of nitrogens with one attached hydrogen (secondary N) is 1. The highest BCUT2D eigenvalue weighted by Gasteiger charge is 2.32. The van der Waals surface area contributed by atoms with E-state index >= 15 is 0 Å². The summed E-state index contributed by atoms with van der Waals surface area (Å²) in [5.74, 6) is 0.428. The molecule has 0 spiro atoms. The Kier molecular flexibility index (Phi) is 8.32. The third-order valence-electron chi connectivity index (χ3n) is 7.78. The summed E-state index contributed by atoms with van der Waals surface area (Å²) in [6.07, 6.45) is -1.06. The molecule has 0 aliphatic carbocycles. The van der Waals surface area contributed by atoms with Gasteiger partial charge in [0.1, 0.15) is 5.82 Å². The summed E-state index contributed by atoms with van der Waals surface area (Å²) in [6, 6.07) is 12.0. The smallest absolute Gasteiger partial charge is 0.377 e. The number of piperazine rings is 1. The highest BCUT2D eigenvalue weighted by molar-refractivity contribution is 7.90. The number of para-hydroxylation sites is 1. The number of hydrogen-bond donors (Lipinski definition) is 1. The van der Waals surface area contributed by atoms with Gasteiger partial charge in [0.05, 0.1) is 29.1 Å². The van der Waals surface area contributed by atoms with Crippen LogP contribution in [0.4, 0.5) is 24.7 Å². The lowest BCUT2D eigenvalue weighted by Crippen LogP contribution is -2.50. The molecule has 230 valence electrons. The molecule has 1 aliphatic heterocycles. The van der Waals surface area contributed by atoms with E-state index in [1.807, 2.05) is 36.9 Å². The quantitative estimate of drug-likeness (QED) is 0.314. The summed E-state index contributed by atoms with van der Waals surface area (Å²) in [7, 11) is -0.308. The van der Waals surface area contributed by atoms with Crippen molar-refractivity contribution in [2.75, 3.05) is 42.9 Å². The fourth-order valence-electron chi connectivity index (χ4n) is 5.74. The first-order chi connectivity index (χ1) is 20.2. The van der Waals surface area contributed by atoms with Crippen molar-refractivity contribution < 1.29 is 21.6 Å². The fourth-order valence-corrected chi connectivity index (χ4v) is 7.23. The summed E-state index contributed by atoms with van der Waals surface area (Å²) < 4.78 is 68.7. The van der Waals surface area contributed by atoms with Gasteiger partial charge in [-0.1, -0.05) is 18.2 Å². The van der Waals surface area contributed by atoms with Crippen molar-refractivity contribution in [2.45, 2.75) is 36.7 Å². The van der Waals surface area contributed by atoms with Crippen molar-refractivity contribution in [1.82, 2.24) is 19.2 Å². The first-order valence-electron chi connectivity index (χ1n) is 14.0. The molecular formula is C30H35F3N6O3S. The Labute approximate surface area is 248 Å². The highest BCUT2D eigenvalue weighted by atomic mass is 32.2. The molecule has 1 fully saturated rings. The van der Waals surface area contributed by atoms with E-state index in [0.29, 0.717) is 40.9 Å². The SMILES string of the molecule is Cc1cc([C@@H](C)Nc2ccccc2S(=O)(=O)Cc2cnn(C)c2)c2cc(N3CCN(CC(F)(F)F)CC3)n(C)c(=O)c2c1. The number of aromatic nitrogens is 3. The van der Waals surface area contributed by atoms with Gasteiger partial charge in [0.2, 0.25) is 0 Å². The van der Waals surface area contributed by atoms with E-state index in [1.165, 1.54) is 11.1 Å². The highest BCUT2D eigenvalue weighted by Crippen LogP contribution is 2.33. The Balaban J connectivity index is 1.47. The van der Waals surface area contributed by atoms with Crippen LogP contribution in [0.2, 0.25) is 0 Å². The predicted molar refractivity (Wildman–Crippen MR) is 161 cm³/mol. The number of sulfone groups is 1. The van der Waals surface area contributed by atoms with Crippen molar-refractivity contribution in [3.8, 4) is 0 Å². The summed E-state index contributed by atoms with van der Waals surface area (Å²) in [5.41, 5.74) is 2.50. The van der Waals surface area contributed by atoms with Gasteiger partial charge in [-0.15, -0.1) is 0 Å². The minimum Gasteiger partial charge on any atom is -0.377 e. The number of hydrogen-bond acceptors (Lipinski definition) is 7. The molecule has 1 atom stereocenters. The normalized spacial score (nSPS) is 15.7. The molecule has 4 aromatic rings. The molecule has 0 radical (unpaired) electrons. The first kappa shape index (κ1) is 30.6. The number of benzene rings is 2. The van der Waals surface area contributed by atoms with Gasteiger partial charge in [0.25, 0.3) is 5.56 Å².